The van der Waals surface area contributed by atoms with Crippen LogP contribution in [-0.4, -0.2) is 0 Å². The second kappa shape index (κ2) is 7.25. The Morgan fingerprint density at radius 1 is 0.696 bits per heavy atom. The summed E-state index contributed by atoms with van der Waals surface area (Å²) in [6.45, 7) is 3.44. The maximum absolute atomic E-state index is 12.1. The Morgan fingerprint density at radius 2 is 1.17 bits per heavy atom. The van der Waals surface area contributed by atoms with E-state index in [1.807, 2.05) is 0 Å². The molecule has 23 heavy (non-hydrogen) atoms. The maximum atomic E-state index is 12.1. The first-order valence-electron chi connectivity index (χ1n) is 6.38. The number of hydrogen-bond donors (Lipinski definition) is 0. The van der Waals surface area contributed by atoms with Crippen LogP contribution in [0, 0.1) is 13.8 Å². The van der Waals surface area contributed by atoms with Crippen LogP contribution >= 0.6 is 11.6 Å². The molecular weight excluding hydrogens is 342 g/mol. The number of rotatable bonds is 0. The molecule has 2 aromatic rings. The van der Waals surface area contributed by atoms with Crippen molar-refractivity contribution in [2.45, 2.75) is 26.2 Å². The lowest BCUT2D eigenvalue weighted by Gasteiger charge is -2.08. The van der Waals surface area contributed by atoms with Crippen molar-refractivity contribution in [3.63, 3.8) is 0 Å². The van der Waals surface area contributed by atoms with Crippen LogP contribution in [0.25, 0.3) is 0 Å². The fourth-order valence-corrected chi connectivity index (χ4v) is 1.93. The van der Waals surface area contributed by atoms with Crippen molar-refractivity contribution in [2.24, 2.45) is 0 Å². The predicted molar refractivity (Wildman–Crippen MR) is 77.4 cm³/mol. The van der Waals surface area contributed by atoms with Crippen LogP contribution in [0.3, 0.4) is 0 Å². The largest absolute Gasteiger partial charge is 0.417 e. The van der Waals surface area contributed by atoms with E-state index in [4.69, 9.17) is 11.6 Å². The third-order valence-electron chi connectivity index (χ3n) is 2.81. The van der Waals surface area contributed by atoms with Gasteiger partial charge in [0.2, 0.25) is 0 Å². The minimum Gasteiger partial charge on any atom is -0.166 e. The highest BCUT2D eigenvalue weighted by Gasteiger charge is 2.32. The van der Waals surface area contributed by atoms with E-state index in [1.54, 1.807) is 13.8 Å². The molecule has 0 fully saturated rings. The normalized spacial score (nSPS) is 11.7. The monoisotopic (exact) mass is 354 g/mol. The molecule has 0 N–H and O–H groups in total. The van der Waals surface area contributed by atoms with Gasteiger partial charge in [0.1, 0.15) is 0 Å². The Hall–Kier alpha value is -1.69. The number of halogens is 7. The van der Waals surface area contributed by atoms with Gasteiger partial charge >= 0.3 is 12.4 Å². The fraction of sp³-hybridized carbons (Fsp3) is 0.250. The van der Waals surface area contributed by atoms with Crippen molar-refractivity contribution in [3.8, 4) is 0 Å². The molecular formula is C16H13ClF6. The summed E-state index contributed by atoms with van der Waals surface area (Å²) in [5, 5.41) is -0.248. The van der Waals surface area contributed by atoms with Crippen LogP contribution in [0.15, 0.2) is 42.5 Å². The Labute approximate surface area is 134 Å². The second-order valence-electron chi connectivity index (χ2n) is 4.84. The molecule has 0 unspecified atom stereocenters. The highest BCUT2D eigenvalue weighted by Crippen LogP contribution is 2.34. The fourth-order valence-electron chi connectivity index (χ4n) is 1.59. The van der Waals surface area contributed by atoms with Gasteiger partial charge in [-0.15, -0.1) is 0 Å². The van der Waals surface area contributed by atoms with Crippen molar-refractivity contribution in [1.82, 2.24) is 0 Å². The summed E-state index contributed by atoms with van der Waals surface area (Å²) in [7, 11) is 0. The summed E-state index contributed by atoms with van der Waals surface area (Å²) in [4.78, 5) is 0. The third-order valence-corrected chi connectivity index (χ3v) is 3.12. The van der Waals surface area contributed by atoms with E-state index in [0.29, 0.717) is 5.56 Å². The Morgan fingerprint density at radius 3 is 1.57 bits per heavy atom. The molecule has 2 rings (SSSR count). The third kappa shape index (κ3) is 6.14. The van der Waals surface area contributed by atoms with Crippen molar-refractivity contribution in [1.29, 1.82) is 0 Å². The van der Waals surface area contributed by atoms with Gasteiger partial charge in [0, 0.05) is 0 Å². The van der Waals surface area contributed by atoms with Crippen molar-refractivity contribution >= 4 is 11.6 Å². The highest BCUT2D eigenvalue weighted by atomic mass is 35.5. The molecule has 0 aromatic heterocycles. The van der Waals surface area contributed by atoms with Crippen LogP contribution in [-0.2, 0) is 12.4 Å². The molecule has 0 saturated carbocycles. The molecule has 126 valence electrons. The first kappa shape index (κ1) is 19.4. The topological polar surface area (TPSA) is 0 Å². The zero-order valence-electron chi connectivity index (χ0n) is 12.2. The van der Waals surface area contributed by atoms with Gasteiger partial charge in [0.25, 0.3) is 0 Å². The van der Waals surface area contributed by atoms with Gasteiger partial charge in [-0.1, -0.05) is 35.4 Å². The Balaban J connectivity index is 0.000000231. The summed E-state index contributed by atoms with van der Waals surface area (Å²) >= 11 is 5.39. The van der Waals surface area contributed by atoms with E-state index in [9.17, 15) is 26.3 Å². The molecule has 0 atom stereocenters. The molecule has 0 bridgehead atoms. The number of aryl methyl sites for hydroxylation is 2. The molecule has 0 heterocycles. The van der Waals surface area contributed by atoms with E-state index in [2.05, 4.69) is 0 Å². The number of hydrogen-bond acceptors (Lipinski definition) is 0. The molecule has 0 aliphatic carbocycles. The lowest BCUT2D eigenvalue weighted by atomic mass is 10.1. The second-order valence-corrected chi connectivity index (χ2v) is 5.25. The Bertz CT molecular complexity index is 641. The van der Waals surface area contributed by atoms with Crippen molar-refractivity contribution in [3.05, 3.63) is 69.7 Å². The smallest absolute Gasteiger partial charge is 0.166 e. The van der Waals surface area contributed by atoms with Gasteiger partial charge < -0.3 is 0 Å². The molecule has 0 spiro atoms. The van der Waals surface area contributed by atoms with Crippen LogP contribution in [0.4, 0.5) is 26.3 Å². The number of alkyl halides is 6. The molecule has 0 saturated heterocycles. The van der Waals surface area contributed by atoms with Crippen LogP contribution < -0.4 is 0 Å². The molecule has 0 aliphatic rings. The van der Waals surface area contributed by atoms with Gasteiger partial charge in [0.05, 0.1) is 16.1 Å². The molecule has 2 aromatic carbocycles. The quantitative estimate of drug-likeness (QED) is 0.463. The number of benzene rings is 2. The van der Waals surface area contributed by atoms with E-state index in [1.165, 1.54) is 24.3 Å². The van der Waals surface area contributed by atoms with Gasteiger partial charge in [-0.3, -0.25) is 0 Å². The first-order chi connectivity index (χ1) is 10.4. The van der Waals surface area contributed by atoms with E-state index >= 15 is 0 Å². The SMILES string of the molecule is Cc1ccc(C(F)(F)F)c(Cl)c1.Cc1ccc(C(F)(F)F)cc1. The summed E-state index contributed by atoms with van der Waals surface area (Å²) < 4.78 is 72.0. The lowest BCUT2D eigenvalue weighted by Crippen LogP contribution is -2.05. The molecule has 0 nitrogen and oxygen atoms in total. The zero-order valence-corrected chi connectivity index (χ0v) is 12.9. The van der Waals surface area contributed by atoms with Gasteiger partial charge in [-0.2, -0.15) is 26.3 Å². The average molecular weight is 355 g/mol. The van der Waals surface area contributed by atoms with Crippen LogP contribution in [0.1, 0.15) is 22.3 Å². The van der Waals surface area contributed by atoms with Gasteiger partial charge in [-0.05, 0) is 43.7 Å². The molecule has 7 heteroatoms. The average Bonchev–Trinajstić information content (AvgIpc) is 2.37. The minimum absolute atomic E-state index is 0.248. The van der Waals surface area contributed by atoms with E-state index in [-0.39, 0.29) is 5.02 Å². The summed E-state index contributed by atoms with van der Waals surface area (Å²) in [6, 6.07) is 8.72. The summed E-state index contributed by atoms with van der Waals surface area (Å²) in [6.07, 6.45) is -8.57. The molecule has 0 aliphatic heterocycles. The minimum atomic E-state index is -4.36. The van der Waals surface area contributed by atoms with E-state index in [0.717, 1.165) is 23.8 Å². The van der Waals surface area contributed by atoms with E-state index < -0.39 is 23.5 Å². The standard InChI is InChI=1S/C8H6ClF3.C8H7F3/c1-5-2-3-6(7(9)4-5)8(10,11)12;1-6-2-4-7(5-3-6)8(9,10)11/h2-4H,1H3;2-5H,1H3. The Kier molecular flexibility index (Phi) is 6.11. The predicted octanol–water partition coefficient (Wildman–Crippen LogP) is 6.68. The molecule has 0 radical (unpaired) electrons. The van der Waals surface area contributed by atoms with Crippen LogP contribution in [0.2, 0.25) is 5.02 Å². The highest BCUT2D eigenvalue weighted by molar-refractivity contribution is 6.31. The van der Waals surface area contributed by atoms with Crippen molar-refractivity contribution in [2.75, 3.05) is 0 Å². The van der Waals surface area contributed by atoms with Gasteiger partial charge in [-0.25, -0.2) is 0 Å². The zero-order chi connectivity index (χ0) is 17.8. The first-order valence-corrected chi connectivity index (χ1v) is 6.76. The van der Waals surface area contributed by atoms with Crippen LogP contribution in [0.5, 0.6) is 0 Å². The van der Waals surface area contributed by atoms with Crippen molar-refractivity contribution < 1.29 is 26.3 Å². The summed E-state index contributed by atoms with van der Waals surface area (Å²) in [5.41, 5.74) is 0.170. The lowest BCUT2D eigenvalue weighted by molar-refractivity contribution is -0.138. The van der Waals surface area contributed by atoms with Gasteiger partial charge in [0.15, 0.2) is 0 Å². The molecule has 0 amide bonds. The maximum Gasteiger partial charge on any atom is 0.417 e. The summed E-state index contributed by atoms with van der Waals surface area (Å²) in [5.74, 6) is 0.